The molecule has 0 aliphatic carbocycles. The van der Waals surface area contributed by atoms with Crippen LogP contribution >= 0.6 is 11.3 Å². The highest BCUT2D eigenvalue weighted by atomic mass is 32.1. The molecule has 0 spiro atoms. The zero-order chi connectivity index (χ0) is 16.2. The SMILES string of the molecule is CC(C)(C)CC(CO)Nc1nnc(Cc2ccccc2F)s1. The fraction of sp³-hybridized carbons (Fsp3) is 0.500. The number of nitrogens with zero attached hydrogens (tertiary/aromatic N) is 2. The Morgan fingerprint density at radius 1 is 1.27 bits per heavy atom. The Morgan fingerprint density at radius 3 is 2.64 bits per heavy atom. The van der Waals surface area contributed by atoms with Crippen molar-refractivity contribution in [1.29, 1.82) is 0 Å². The van der Waals surface area contributed by atoms with Gasteiger partial charge in [-0.05, 0) is 23.5 Å². The van der Waals surface area contributed by atoms with Gasteiger partial charge in [0.05, 0.1) is 12.6 Å². The number of anilines is 1. The molecule has 0 amide bonds. The highest BCUT2D eigenvalue weighted by Gasteiger charge is 2.19. The standard InChI is InChI=1S/C16H22FN3OS/c1-16(2,3)9-12(10-21)18-15-20-19-14(22-15)8-11-6-4-5-7-13(11)17/h4-7,12,21H,8-10H2,1-3H3,(H,18,20). The van der Waals surface area contributed by atoms with E-state index >= 15 is 0 Å². The summed E-state index contributed by atoms with van der Waals surface area (Å²) < 4.78 is 13.6. The number of aliphatic hydroxyl groups excluding tert-OH is 1. The number of halogens is 1. The minimum Gasteiger partial charge on any atom is -0.394 e. The van der Waals surface area contributed by atoms with E-state index in [0.717, 1.165) is 11.4 Å². The summed E-state index contributed by atoms with van der Waals surface area (Å²) in [4.78, 5) is 0. The molecule has 0 bridgehead atoms. The maximum Gasteiger partial charge on any atom is 0.205 e. The van der Waals surface area contributed by atoms with Crippen LogP contribution in [0.2, 0.25) is 0 Å². The Labute approximate surface area is 134 Å². The van der Waals surface area contributed by atoms with Gasteiger partial charge in [0.1, 0.15) is 10.8 Å². The summed E-state index contributed by atoms with van der Waals surface area (Å²) in [5, 5.41) is 22.3. The number of hydrogen-bond acceptors (Lipinski definition) is 5. The number of hydrogen-bond donors (Lipinski definition) is 2. The smallest absolute Gasteiger partial charge is 0.205 e. The van der Waals surface area contributed by atoms with Crippen molar-refractivity contribution in [2.75, 3.05) is 11.9 Å². The Kier molecular flexibility index (Phi) is 5.47. The molecule has 1 unspecified atom stereocenters. The fourth-order valence-corrected chi connectivity index (χ4v) is 3.10. The Hall–Kier alpha value is -1.53. The summed E-state index contributed by atoms with van der Waals surface area (Å²) in [5.41, 5.74) is 0.722. The first-order chi connectivity index (χ1) is 10.4. The van der Waals surface area contributed by atoms with E-state index in [-0.39, 0.29) is 23.9 Å². The lowest BCUT2D eigenvalue weighted by molar-refractivity contribution is 0.234. The van der Waals surface area contributed by atoms with Gasteiger partial charge in [-0.2, -0.15) is 0 Å². The number of aromatic nitrogens is 2. The zero-order valence-corrected chi connectivity index (χ0v) is 14.0. The quantitative estimate of drug-likeness (QED) is 0.854. The van der Waals surface area contributed by atoms with Gasteiger partial charge in [-0.3, -0.25) is 0 Å². The lowest BCUT2D eigenvalue weighted by Crippen LogP contribution is -2.29. The third-order valence-electron chi connectivity index (χ3n) is 3.17. The van der Waals surface area contributed by atoms with Crippen LogP contribution in [0.25, 0.3) is 0 Å². The van der Waals surface area contributed by atoms with Crippen LogP contribution in [0.5, 0.6) is 0 Å². The Morgan fingerprint density at radius 2 is 2.00 bits per heavy atom. The minimum absolute atomic E-state index is 0.0412. The number of rotatable bonds is 6. The van der Waals surface area contributed by atoms with Gasteiger partial charge in [0.15, 0.2) is 0 Å². The fourth-order valence-electron chi connectivity index (χ4n) is 2.26. The van der Waals surface area contributed by atoms with E-state index in [1.807, 2.05) is 6.07 Å². The molecule has 2 rings (SSSR count). The van der Waals surface area contributed by atoms with Crippen LogP contribution in [-0.4, -0.2) is 28.0 Å². The second-order valence-electron chi connectivity index (χ2n) is 6.56. The first-order valence-corrected chi connectivity index (χ1v) is 8.12. The van der Waals surface area contributed by atoms with Gasteiger partial charge in [-0.25, -0.2) is 4.39 Å². The maximum atomic E-state index is 13.6. The monoisotopic (exact) mass is 323 g/mol. The van der Waals surface area contributed by atoms with E-state index in [1.54, 1.807) is 12.1 Å². The average molecular weight is 323 g/mol. The summed E-state index contributed by atoms with van der Waals surface area (Å²) in [6.07, 6.45) is 1.25. The van der Waals surface area contributed by atoms with Crippen molar-refractivity contribution in [1.82, 2.24) is 10.2 Å². The first-order valence-electron chi connectivity index (χ1n) is 7.30. The van der Waals surface area contributed by atoms with E-state index in [2.05, 4.69) is 36.3 Å². The molecule has 0 aliphatic heterocycles. The molecule has 0 aliphatic rings. The number of benzene rings is 1. The van der Waals surface area contributed by atoms with Gasteiger partial charge in [-0.1, -0.05) is 50.3 Å². The second kappa shape index (κ2) is 7.15. The molecule has 0 radical (unpaired) electrons. The van der Waals surface area contributed by atoms with E-state index in [1.165, 1.54) is 17.4 Å². The molecular weight excluding hydrogens is 301 g/mol. The molecule has 0 saturated carbocycles. The minimum atomic E-state index is -0.229. The highest BCUT2D eigenvalue weighted by Crippen LogP contribution is 2.25. The number of aliphatic hydroxyl groups is 1. The Bertz CT molecular complexity index is 609. The van der Waals surface area contributed by atoms with Gasteiger partial charge in [0.25, 0.3) is 0 Å². The van der Waals surface area contributed by atoms with Crippen LogP contribution in [0, 0.1) is 11.2 Å². The van der Waals surface area contributed by atoms with Crippen molar-refractivity contribution in [3.8, 4) is 0 Å². The third-order valence-corrected chi connectivity index (χ3v) is 4.03. The largest absolute Gasteiger partial charge is 0.394 e. The van der Waals surface area contributed by atoms with Crippen molar-refractivity contribution in [3.63, 3.8) is 0 Å². The van der Waals surface area contributed by atoms with Crippen molar-refractivity contribution in [2.24, 2.45) is 5.41 Å². The lowest BCUT2D eigenvalue weighted by atomic mass is 9.88. The average Bonchev–Trinajstić information content (AvgIpc) is 2.86. The molecule has 2 aromatic rings. The van der Waals surface area contributed by atoms with E-state index in [0.29, 0.717) is 17.1 Å². The van der Waals surface area contributed by atoms with Crippen LogP contribution in [-0.2, 0) is 6.42 Å². The zero-order valence-electron chi connectivity index (χ0n) is 13.1. The molecule has 4 nitrogen and oxygen atoms in total. The molecule has 120 valence electrons. The van der Waals surface area contributed by atoms with Crippen LogP contribution in [0.15, 0.2) is 24.3 Å². The third kappa shape index (κ3) is 5.03. The molecule has 0 fully saturated rings. The van der Waals surface area contributed by atoms with Crippen LogP contribution in [0.3, 0.4) is 0 Å². The molecule has 0 saturated heterocycles. The summed E-state index contributed by atoms with van der Waals surface area (Å²) >= 11 is 1.40. The van der Waals surface area contributed by atoms with Gasteiger partial charge >= 0.3 is 0 Å². The summed E-state index contributed by atoms with van der Waals surface area (Å²) in [6, 6.07) is 6.61. The van der Waals surface area contributed by atoms with E-state index < -0.39 is 0 Å². The lowest BCUT2D eigenvalue weighted by Gasteiger charge is -2.24. The number of nitrogens with one attached hydrogen (secondary N) is 1. The van der Waals surface area contributed by atoms with Crippen molar-refractivity contribution in [3.05, 3.63) is 40.7 Å². The normalized spacial score (nSPS) is 13.1. The van der Waals surface area contributed by atoms with Gasteiger partial charge in [0.2, 0.25) is 5.13 Å². The van der Waals surface area contributed by atoms with Crippen LogP contribution in [0.4, 0.5) is 9.52 Å². The van der Waals surface area contributed by atoms with Crippen molar-refractivity contribution >= 4 is 16.5 Å². The molecule has 1 aromatic heterocycles. The molecule has 1 aromatic carbocycles. The second-order valence-corrected chi connectivity index (χ2v) is 7.62. The predicted octanol–water partition coefficient (Wildman–Crippen LogP) is 3.48. The van der Waals surface area contributed by atoms with Gasteiger partial charge < -0.3 is 10.4 Å². The molecule has 1 atom stereocenters. The molecule has 2 N–H and O–H groups in total. The molecule has 1 heterocycles. The van der Waals surface area contributed by atoms with Crippen LogP contribution < -0.4 is 5.32 Å². The van der Waals surface area contributed by atoms with E-state index in [9.17, 15) is 9.50 Å². The predicted molar refractivity (Wildman–Crippen MR) is 87.7 cm³/mol. The van der Waals surface area contributed by atoms with E-state index in [4.69, 9.17) is 0 Å². The topological polar surface area (TPSA) is 58.0 Å². The van der Waals surface area contributed by atoms with Crippen molar-refractivity contribution in [2.45, 2.75) is 39.7 Å². The van der Waals surface area contributed by atoms with Crippen LogP contribution in [0.1, 0.15) is 37.8 Å². The Balaban J connectivity index is 2.00. The van der Waals surface area contributed by atoms with Gasteiger partial charge in [-0.15, -0.1) is 10.2 Å². The highest BCUT2D eigenvalue weighted by molar-refractivity contribution is 7.15. The van der Waals surface area contributed by atoms with Gasteiger partial charge in [0, 0.05) is 6.42 Å². The molecular formula is C16H22FN3OS. The molecule has 22 heavy (non-hydrogen) atoms. The molecule has 6 heteroatoms. The first kappa shape index (κ1) is 16.8. The summed E-state index contributed by atoms with van der Waals surface area (Å²) in [6.45, 7) is 6.42. The summed E-state index contributed by atoms with van der Waals surface area (Å²) in [7, 11) is 0. The van der Waals surface area contributed by atoms with Crippen molar-refractivity contribution < 1.29 is 9.50 Å². The summed E-state index contributed by atoms with van der Waals surface area (Å²) in [5.74, 6) is -0.229. The maximum absolute atomic E-state index is 13.6.